The van der Waals surface area contributed by atoms with E-state index in [9.17, 15) is 18.5 Å². The van der Waals surface area contributed by atoms with Gasteiger partial charge in [0.1, 0.15) is 0 Å². The van der Waals surface area contributed by atoms with E-state index in [1.807, 2.05) is 0 Å². The number of hydrogen-bond donors (Lipinski definition) is 2. The number of nitrogens with one attached hydrogen (secondary N) is 1. The first-order valence-electron chi connectivity index (χ1n) is 5.64. The number of nitrogens with zero attached hydrogens (tertiary/aromatic N) is 1. The molecule has 0 fully saturated rings. The highest BCUT2D eigenvalue weighted by Gasteiger charge is 2.22. The van der Waals surface area contributed by atoms with Crippen LogP contribution >= 0.6 is 0 Å². The second kappa shape index (κ2) is 6.09. The maximum absolute atomic E-state index is 12.0. The Hall–Kier alpha value is -1.51. The molecule has 1 atom stereocenters. The lowest BCUT2D eigenvalue weighted by atomic mass is 10.2. The Morgan fingerprint density at radius 1 is 1.47 bits per heavy atom. The molecule has 0 amide bonds. The molecular formula is C11H16N2O5S. The Morgan fingerprint density at radius 3 is 2.63 bits per heavy atom. The van der Waals surface area contributed by atoms with Crippen molar-refractivity contribution in [2.45, 2.75) is 18.7 Å². The molecule has 1 aromatic carbocycles. The van der Waals surface area contributed by atoms with Gasteiger partial charge in [-0.1, -0.05) is 13.0 Å². The highest BCUT2D eigenvalue weighted by atomic mass is 32.2. The molecule has 0 saturated heterocycles. The summed E-state index contributed by atoms with van der Waals surface area (Å²) in [7, 11) is -3.82. The highest BCUT2D eigenvalue weighted by molar-refractivity contribution is 7.89. The van der Waals surface area contributed by atoms with Crippen molar-refractivity contribution in [3.05, 3.63) is 33.9 Å². The van der Waals surface area contributed by atoms with Crippen molar-refractivity contribution in [1.82, 2.24) is 4.72 Å². The monoisotopic (exact) mass is 288 g/mol. The van der Waals surface area contributed by atoms with Crippen LogP contribution in [0.4, 0.5) is 5.69 Å². The van der Waals surface area contributed by atoms with Crippen molar-refractivity contribution >= 4 is 15.7 Å². The van der Waals surface area contributed by atoms with Crippen molar-refractivity contribution in [2.75, 3.05) is 13.2 Å². The Labute approximate surface area is 111 Å². The number of aliphatic hydroxyl groups excluding tert-OH is 1. The molecule has 7 nitrogen and oxygen atoms in total. The molecule has 2 N–H and O–H groups in total. The predicted octanol–water partition coefficient (Wildman–Crippen LogP) is 0.810. The van der Waals surface area contributed by atoms with Crippen molar-refractivity contribution in [1.29, 1.82) is 0 Å². The van der Waals surface area contributed by atoms with Crippen LogP contribution in [-0.2, 0) is 10.0 Å². The minimum Gasteiger partial charge on any atom is -0.396 e. The van der Waals surface area contributed by atoms with Gasteiger partial charge in [-0.3, -0.25) is 10.1 Å². The SMILES string of the molecule is Cc1c([N+](=O)[O-])cccc1S(=O)(=O)NCC(C)CO. The van der Waals surface area contributed by atoms with Gasteiger partial charge in [0.15, 0.2) is 0 Å². The number of aliphatic hydroxyl groups is 1. The molecule has 19 heavy (non-hydrogen) atoms. The molecule has 0 spiro atoms. The fourth-order valence-electron chi connectivity index (χ4n) is 1.49. The lowest BCUT2D eigenvalue weighted by Crippen LogP contribution is -2.30. The van der Waals surface area contributed by atoms with Gasteiger partial charge in [0.25, 0.3) is 5.69 Å². The first-order chi connectivity index (χ1) is 8.79. The average Bonchev–Trinajstić information content (AvgIpc) is 2.35. The number of hydrogen-bond acceptors (Lipinski definition) is 5. The molecule has 106 valence electrons. The minimum absolute atomic E-state index is 0.0704. The van der Waals surface area contributed by atoms with Gasteiger partial charge in [-0.25, -0.2) is 13.1 Å². The maximum atomic E-state index is 12.0. The molecule has 0 saturated carbocycles. The van der Waals surface area contributed by atoms with Crippen molar-refractivity contribution in [3.63, 3.8) is 0 Å². The van der Waals surface area contributed by atoms with Crippen LogP contribution in [0.3, 0.4) is 0 Å². The van der Waals surface area contributed by atoms with Crippen LogP contribution in [-0.4, -0.2) is 31.6 Å². The van der Waals surface area contributed by atoms with Crippen LogP contribution < -0.4 is 4.72 Å². The van der Waals surface area contributed by atoms with Crippen molar-refractivity contribution in [2.24, 2.45) is 5.92 Å². The Bertz CT molecular complexity index is 570. The standard InChI is InChI=1S/C11H16N2O5S/c1-8(7-14)6-12-19(17,18)11-5-3-4-10(9(11)2)13(15)16/h3-5,8,12,14H,6-7H2,1-2H3. The molecule has 8 heteroatoms. The molecule has 0 aromatic heterocycles. The first kappa shape index (κ1) is 15.5. The van der Waals surface area contributed by atoms with Gasteiger partial charge < -0.3 is 5.11 Å². The number of sulfonamides is 1. The quantitative estimate of drug-likeness (QED) is 0.594. The van der Waals surface area contributed by atoms with Crippen LogP contribution in [0.25, 0.3) is 0 Å². The van der Waals surface area contributed by atoms with Crippen LogP contribution in [0.2, 0.25) is 0 Å². The number of rotatable bonds is 6. The molecule has 1 aromatic rings. The van der Waals surface area contributed by atoms with Gasteiger partial charge in [0.2, 0.25) is 10.0 Å². The average molecular weight is 288 g/mol. The Morgan fingerprint density at radius 2 is 2.11 bits per heavy atom. The molecule has 0 aliphatic rings. The van der Waals surface area contributed by atoms with Crippen LogP contribution in [0, 0.1) is 23.0 Å². The van der Waals surface area contributed by atoms with Crippen LogP contribution in [0.1, 0.15) is 12.5 Å². The lowest BCUT2D eigenvalue weighted by Gasteiger charge is -2.12. The minimum atomic E-state index is -3.82. The van der Waals surface area contributed by atoms with Crippen molar-refractivity contribution in [3.8, 4) is 0 Å². The van der Waals surface area contributed by atoms with E-state index in [0.717, 1.165) is 0 Å². The highest BCUT2D eigenvalue weighted by Crippen LogP contribution is 2.24. The number of nitro benzene ring substituents is 1. The fraction of sp³-hybridized carbons (Fsp3) is 0.455. The van der Waals surface area contributed by atoms with Gasteiger partial charge in [-0.15, -0.1) is 0 Å². The molecule has 0 radical (unpaired) electrons. The van der Waals surface area contributed by atoms with Crippen molar-refractivity contribution < 1.29 is 18.4 Å². The van der Waals surface area contributed by atoms with Gasteiger partial charge >= 0.3 is 0 Å². The first-order valence-corrected chi connectivity index (χ1v) is 7.12. The van der Waals surface area contributed by atoms with Gasteiger partial charge in [0, 0.05) is 24.8 Å². The van der Waals surface area contributed by atoms with Crippen LogP contribution in [0.15, 0.2) is 23.1 Å². The van der Waals surface area contributed by atoms with Gasteiger partial charge in [-0.05, 0) is 18.9 Å². The van der Waals surface area contributed by atoms with E-state index in [4.69, 9.17) is 5.11 Å². The van der Waals surface area contributed by atoms with E-state index in [1.165, 1.54) is 25.1 Å². The van der Waals surface area contributed by atoms with E-state index < -0.39 is 14.9 Å². The zero-order valence-electron chi connectivity index (χ0n) is 10.7. The number of nitro groups is 1. The summed E-state index contributed by atoms with van der Waals surface area (Å²) >= 11 is 0. The van der Waals surface area contributed by atoms with Gasteiger partial charge in [0.05, 0.1) is 9.82 Å². The van der Waals surface area contributed by atoms with E-state index in [2.05, 4.69) is 4.72 Å². The van der Waals surface area contributed by atoms with Crippen LogP contribution in [0.5, 0.6) is 0 Å². The smallest absolute Gasteiger partial charge is 0.273 e. The normalized spacial score (nSPS) is 13.2. The summed E-state index contributed by atoms with van der Waals surface area (Å²) in [5.41, 5.74) is -0.144. The molecule has 0 aliphatic heterocycles. The Balaban J connectivity index is 3.09. The molecular weight excluding hydrogens is 272 g/mol. The molecule has 1 unspecified atom stereocenters. The zero-order valence-corrected chi connectivity index (χ0v) is 11.5. The second-order valence-corrected chi connectivity index (χ2v) is 6.03. The third-order valence-corrected chi connectivity index (χ3v) is 4.24. The molecule has 0 aliphatic carbocycles. The second-order valence-electron chi connectivity index (χ2n) is 4.30. The molecule has 0 bridgehead atoms. The summed E-state index contributed by atoms with van der Waals surface area (Å²) in [6.45, 7) is 3.00. The summed E-state index contributed by atoms with van der Waals surface area (Å²) in [5, 5.41) is 19.6. The largest absolute Gasteiger partial charge is 0.396 e. The zero-order chi connectivity index (χ0) is 14.6. The summed E-state index contributed by atoms with van der Waals surface area (Å²) < 4.78 is 26.4. The van der Waals surface area contributed by atoms with E-state index in [1.54, 1.807) is 6.92 Å². The Kier molecular flexibility index (Phi) is 4.98. The van der Waals surface area contributed by atoms with Gasteiger partial charge in [-0.2, -0.15) is 0 Å². The summed E-state index contributed by atoms with van der Waals surface area (Å²) in [6, 6.07) is 3.90. The third-order valence-electron chi connectivity index (χ3n) is 2.68. The third kappa shape index (κ3) is 3.72. The van der Waals surface area contributed by atoms with E-state index in [0.29, 0.717) is 0 Å². The molecule has 0 heterocycles. The molecule has 1 rings (SSSR count). The number of benzene rings is 1. The summed E-state index contributed by atoms with van der Waals surface area (Å²) in [5.74, 6) is -0.228. The lowest BCUT2D eigenvalue weighted by molar-refractivity contribution is -0.385. The topological polar surface area (TPSA) is 110 Å². The van der Waals surface area contributed by atoms with E-state index >= 15 is 0 Å². The van der Waals surface area contributed by atoms with E-state index in [-0.39, 0.29) is 35.2 Å². The summed E-state index contributed by atoms with van der Waals surface area (Å²) in [6.07, 6.45) is 0. The predicted molar refractivity (Wildman–Crippen MR) is 69.3 cm³/mol. The summed E-state index contributed by atoms with van der Waals surface area (Å²) in [4.78, 5) is 10.0. The fourth-order valence-corrected chi connectivity index (χ4v) is 2.91. The maximum Gasteiger partial charge on any atom is 0.273 e.